The van der Waals surface area contributed by atoms with Crippen molar-refractivity contribution in [1.82, 2.24) is 5.32 Å². The molecule has 0 spiro atoms. The molecule has 1 atom stereocenters. The molecule has 0 fully saturated rings. The average molecular weight is 286 g/mol. The summed E-state index contributed by atoms with van der Waals surface area (Å²) in [5.41, 5.74) is 2.18. The summed E-state index contributed by atoms with van der Waals surface area (Å²) in [4.78, 5) is 10.2. The summed E-state index contributed by atoms with van der Waals surface area (Å²) >= 11 is 0. The molecule has 0 radical (unpaired) electrons. The zero-order chi connectivity index (χ0) is 15.2. The second kappa shape index (κ2) is 6.85. The maximum Gasteiger partial charge on any atom is 0.269 e. The summed E-state index contributed by atoms with van der Waals surface area (Å²) in [7, 11) is 1.92. The highest BCUT2D eigenvalue weighted by atomic mass is 16.6. The van der Waals surface area contributed by atoms with Gasteiger partial charge in [0.25, 0.3) is 5.69 Å². The molecule has 1 N–H and O–H groups in total. The molecule has 0 aromatic heterocycles. The average Bonchev–Trinajstić information content (AvgIpc) is 2.53. The van der Waals surface area contributed by atoms with Crippen molar-refractivity contribution in [3.8, 4) is 5.75 Å². The van der Waals surface area contributed by atoms with Crippen LogP contribution in [0.15, 0.2) is 48.5 Å². The SMILES string of the molecule is CNC(C)c1ccc(OCc2ccc([N+](=O)[O-])cc2)cc1. The molecule has 0 heterocycles. The van der Waals surface area contributed by atoms with Gasteiger partial charge in [0, 0.05) is 18.2 Å². The Morgan fingerprint density at radius 1 is 1.14 bits per heavy atom. The van der Waals surface area contributed by atoms with Crippen LogP contribution in [0.5, 0.6) is 5.75 Å². The van der Waals surface area contributed by atoms with E-state index in [1.54, 1.807) is 12.1 Å². The first-order chi connectivity index (χ1) is 10.1. The van der Waals surface area contributed by atoms with E-state index in [0.29, 0.717) is 12.6 Å². The number of benzene rings is 2. The number of hydrogen-bond donors (Lipinski definition) is 1. The predicted molar refractivity (Wildman–Crippen MR) is 81.3 cm³/mol. The third-order valence-corrected chi connectivity index (χ3v) is 3.37. The Morgan fingerprint density at radius 2 is 1.76 bits per heavy atom. The van der Waals surface area contributed by atoms with Gasteiger partial charge in [-0.1, -0.05) is 12.1 Å². The highest BCUT2D eigenvalue weighted by molar-refractivity contribution is 5.33. The fourth-order valence-electron chi connectivity index (χ4n) is 1.90. The number of nitrogens with one attached hydrogen (secondary N) is 1. The van der Waals surface area contributed by atoms with Crippen molar-refractivity contribution in [2.75, 3.05) is 7.05 Å². The number of hydrogen-bond acceptors (Lipinski definition) is 4. The van der Waals surface area contributed by atoms with Gasteiger partial charge in [-0.05, 0) is 49.4 Å². The minimum atomic E-state index is -0.410. The van der Waals surface area contributed by atoms with Crippen molar-refractivity contribution in [3.05, 3.63) is 69.8 Å². The largest absolute Gasteiger partial charge is 0.489 e. The third-order valence-electron chi connectivity index (χ3n) is 3.37. The molecule has 0 amide bonds. The number of nitro groups is 1. The molecule has 2 aromatic carbocycles. The highest BCUT2D eigenvalue weighted by Crippen LogP contribution is 2.19. The minimum absolute atomic E-state index is 0.0872. The minimum Gasteiger partial charge on any atom is -0.489 e. The van der Waals surface area contributed by atoms with Gasteiger partial charge in [0.15, 0.2) is 0 Å². The molecule has 0 aliphatic heterocycles. The quantitative estimate of drug-likeness (QED) is 0.652. The Hall–Kier alpha value is -2.40. The maximum atomic E-state index is 10.6. The summed E-state index contributed by atoms with van der Waals surface area (Å²) < 4.78 is 5.67. The van der Waals surface area contributed by atoms with Gasteiger partial charge < -0.3 is 10.1 Å². The lowest BCUT2D eigenvalue weighted by molar-refractivity contribution is -0.384. The number of rotatable bonds is 6. The number of ether oxygens (including phenoxy) is 1. The van der Waals surface area contributed by atoms with Gasteiger partial charge >= 0.3 is 0 Å². The highest BCUT2D eigenvalue weighted by Gasteiger charge is 2.05. The molecule has 0 bridgehead atoms. The lowest BCUT2D eigenvalue weighted by Gasteiger charge is -2.11. The van der Waals surface area contributed by atoms with E-state index in [0.717, 1.165) is 11.3 Å². The Balaban J connectivity index is 1.95. The zero-order valence-electron chi connectivity index (χ0n) is 12.1. The molecule has 21 heavy (non-hydrogen) atoms. The first kappa shape index (κ1) is 15.0. The van der Waals surface area contributed by atoms with E-state index in [1.807, 2.05) is 31.3 Å². The topological polar surface area (TPSA) is 64.4 Å². The third kappa shape index (κ3) is 4.03. The van der Waals surface area contributed by atoms with Crippen LogP contribution in [0.25, 0.3) is 0 Å². The molecule has 1 unspecified atom stereocenters. The van der Waals surface area contributed by atoms with E-state index in [2.05, 4.69) is 12.2 Å². The van der Waals surface area contributed by atoms with Gasteiger partial charge in [-0.2, -0.15) is 0 Å². The fraction of sp³-hybridized carbons (Fsp3) is 0.250. The van der Waals surface area contributed by atoms with Crippen molar-refractivity contribution in [2.24, 2.45) is 0 Å². The van der Waals surface area contributed by atoms with E-state index in [9.17, 15) is 10.1 Å². The van der Waals surface area contributed by atoms with E-state index in [4.69, 9.17) is 4.74 Å². The van der Waals surface area contributed by atoms with E-state index >= 15 is 0 Å². The van der Waals surface area contributed by atoms with Crippen molar-refractivity contribution in [3.63, 3.8) is 0 Å². The maximum absolute atomic E-state index is 10.6. The predicted octanol–water partition coefficient (Wildman–Crippen LogP) is 3.45. The van der Waals surface area contributed by atoms with Gasteiger partial charge in [-0.15, -0.1) is 0 Å². The normalized spacial score (nSPS) is 11.9. The Kier molecular flexibility index (Phi) is 4.90. The summed E-state index contributed by atoms with van der Waals surface area (Å²) in [6.07, 6.45) is 0. The van der Waals surface area contributed by atoms with Crippen LogP contribution in [0, 0.1) is 10.1 Å². The summed E-state index contributed by atoms with van der Waals surface area (Å²) in [6, 6.07) is 14.6. The lowest BCUT2D eigenvalue weighted by Crippen LogP contribution is -2.11. The second-order valence-corrected chi connectivity index (χ2v) is 4.79. The van der Waals surface area contributed by atoms with E-state index in [-0.39, 0.29) is 5.69 Å². The van der Waals surface area contributed by atoms with E-state index in [1.165, 1.54) is 17.7 Å². The van der Waals surface area contributed by atoms with Crippen LogP contribution in [0.3, 0.4) is 0 Å². The van der Waals surface area contributed by atoms with Crippen LogP contribution in [0.4, 0.5) is 5.69 Å². The molecule has 2 aromatic rings. The standard InChI is InChI=1S/C16H18N2O3/c1-12(17-2)14-5-9-16(10-6-14)21-11-13-3-7-15(8-4-13)18(19)20/h3-10,12,17H,11H2,1-2H3. The number of nitro benzene ring substituents is 1. The Morgan fingerprint density at radius 3 is 2.29 bits per heavy atom. The zero-order valence-corrected chi connectivity index (χ0v) is 12.1. The summed E-state index contributed by atoms with van der Waals surface area (Å²) in [5.74, 6) is 0.778. The van der Waals surface area contributed by atoms with Crippen molar-refractivity contribution in [2.45, 2.75) is 19.6 Å². The van der Waals surface area contributed by atoms with Gasteiger partial charge in [-0.3, -0.25) is 10.1 Å². The molecule has 110 valence electrons. The monoisotopic (exact) mass is 286 g/mol. The van der Waals surface area contributed by atoms with Crippen LogP contribution in [-0.4, -0.2) is 12.0 Å². The van der Waals surface area contributed by atoms with Crippen molar-refractivity contribution in [1.29, 1.82) is 0 Å². The fourth-order valence-corrected chi connectivity index (χ4v) is 1.90. The summed E-state index contributed by atoms with van der Waals surface area (Å²) in [6.45, 7) is 2.48. The van der Waals surface area contributed by atoms with Crippen molar-refractivity contribution < 1.29 is 9.66 Å². The molecule has 0 saturated carbocycles. The van der Waals surface area contributed by atoms with Crippen LogP contribution >= 0.6 is 0 Å². The summed E-state index contributed by atoms with van der Waals surface area (Å²) in [5, 5.41) is 13.7. The van der Waals surface area contributed by atoms with Gasteiger partial charge in [-0.25, -0.2) is 0 Å². The molecule has 2 rings (SSSR count). The van der Waals surface area contributed by atoms with Crippen LogP contribution in [0.1, 0.15) is 24.1 Å². The smallest absolute Gasteiger partial charge is 0.269 e. The molecule has 5 heteroatoms. The molecule has 0 aliphatic carbocycles. The van der Waals surface area contributed by atoms with Crippen LogP contribution < -0.4 is 10.1 Å². The first-order valence-electron chi connectivity index (χ1n) is 6.73. The van der Waals surface area contributed by atoms with Gasteiger partial charge in [0.2, 0.25) is 0 Å². The molecular formula is C16H18N2O3. The molecule has 0 saturated heterocycles. The van der Waals surface area contributed by atoms with Gasteiger partial charge in [0.05, 0.1) is 4.92 Å². The number of nitrogens with zero attached hydrogens (tertiary/aromatic N) is 1. The molecular weight excluding hydrogens is 268 g/mol. The first-order valence-corrected chi connectivity index (χ1v) is 6.73. The van der Waals surface area contributed by atoms with E-state index < -0.39 is 4.92 Å². The van der Waals surface area contributed by atoms with Crippen molar-refractivity contribution >= 4 is 5.69 Å². The van der Waals surface area contributed by atoms with Crippen LogP contribution in [-0.2, 0) is 6.61 Å². The Labute approximate surface area is 123 Å². The number of non-ortho nitro benzene ring substituents is 1. The lowest BCUT2D eigenvalue weighted by atomic mass is 10.1. The van der Waals surface area contributed by atoms with Gasteiger partial charge in [0.1, 0.15) is 12.4 Å². The molecule has 0 aliphatic rings. The van der Waals surface area contributed by atoms with Crippen LogP contribution in [0.2, 0.25) is 0 Å². The second-order valence-electron chi connectivity index (χ2n) is 4.79. The Bertz CT molecular complexity index is 594. The molecule has 5 nitrogen and oxygen atoms in total.